The van der Waals surface area contributed by atoms with Crippen LogP contribution in [0.1, 0.15) is 24.0 Å². The highest BCUT2D eigenvalue weighted by molar-refractivity contribution is 5.92. The summed E-state index contributed by atoms with van der Waals surface area (Å²) < 4.78 is 5.29. The number of benzene rings is 1. The Bertz CT molecular complexity index is 467. The molecule has 4 heteroatoms. The van der Waals surface area contributed by atoms with E-state index < -0.39 is 0 Å². The second-order valence-electron chi connectivity index (χ2n) is 4.99. The second-order valence-corrected chi connectivity index (χ2v) is 4.99. The lowest BCUT2D eigenvalue weighted by Gasteiger charge is -2.38. The van der Waals surface area contributed by atoms with Crippen LogP contribution < -0.4 is 10.2 Å². The third-order valence-electron chi connectivity index (χ3n) is 3.78. The number of nitrogens with one attached hydrogen (secondary N) is 1. The fourth-order valence-electron chi connectivity index (χ4n) is 2.88. The molecule has 0 bridgehead atoms. The maximum Gasteiger partial charge on any atom is 0.414 e. The van der Waals surface area contributed by atoms with Crippen LogP contribution in [-0.4, -0.2) is 25.2 Å². The lowest BCUT2D eigenvalue weighted by Crippen LogP contribution is -2.48. The van der Waals surface area contributed by atoms with Gasteiger partial charge in [-0.05, 0) is 38.4 Å². The molecule has 2 aliphatic rings. The van der Waals surface area contributed by atoms with Gasteiger partial charge in [-0.15, -0.1) is 0 Å². The number of rotatable bonds is 1. The van der Waals surface area contributed by atoms with Gasteiger partial charge in [0.1, 0.15) is 6.61 Å². The summed E-state index contributed by atoms with van der Waals surface area (Å²) in [5.74, 6) is 0. The maximum atomic E-state index is 12.1. The molecule has 0 unspecified atom stereocenters. The van der Waals surface area contributed by atoms with Crippen molar-refractivity contribution in [2.45, 2.75) is 32.4 Å². The first-order chi connectivity index (χ1) is 8.77. The zero-order valence-corrected chi connectivity index (χ0v) is 10.6. The Hall–Kier alpha value is -1.55. The van der Waals surface area contributed by atoms with Crippen molar-refractivity contribution in [3.05, 3.63) is 29.3 Å². The Morgan fingerprint density at radius 2 is 2.11 bits per heavy atom. The second kappa shape index (κ2) is 4.61. The average molecular weight is 246 g/mol. The third kappa shape index (κ3) is 1.86. The number of carbonyl (C=O) groups is 1. The molecule has 18 heavy (non-hydrogen) atoms. The van der Waals surface area contributed by atoms with Gasteiger partial charge in [-0.3, -0.25) is 4.90 Å². The van der Waals surface area contributed by atoms with E-state index in [1.807, 2.05) is 17.0 Å². The largest absolute Gasteiger partial charge is 0.444 e. The van der Waals surface area contributed by atoms with Gasteiger partial charge in [-0.25, -0.2) is 4.79 Å². The quantitative estimate of drug-likeness (QED) is 0.826. The van der Waals surface area contributed by atoms with Crippen molar-refractivity contribution in [2.75, 3.05) is 18.0 Å². The summed E-state index contributed by atoms with van der Waals surface area (Å²) in [6.07, 6.45) is 1.79. The Kier molecular flexibility index (Phi) is 2.96. The summed E-state index contributed by atoms with van der Waals surface area (Å²) in [4.78, 5) is 14.0. The van der Waals surface area contributed by atoms with Gasteiger partial charge in [0.05, 0.1) is 5.69 Å². The first-order valence-corrected chi connectivity index (χ1v) is 6.52. The fraction of sp³-hybridized carbons (Fsp3) is 0.500. The minimum absolute atomic E-state index is 0.191. The number of hydrogen-bond acceptors (Lipinski definition) is 3. The average Bonchev–Trinajstić information content (AvgIpc) is 2.40. The smallest absolute Gasteiger partial charge is 0.414 e. The predicted molar refractivity (Wildman–Crippen MR) is 69.7 cm³/mol. The summed E-state index contributed by atoms with van der Waals surface area (Å²) in [7, 11) is 0. The van der Waals surface area contributed by atoms with Crippen molar-refractivity contribution >= 4 is 11.8 Å². The topological polar surface area (TPSA) is 41.6 Å². The molecule has 0 aromatic heterocycles. The van der Waals surface area contributed by atoms with E-state index in [2.05, 4.69) is 18.3 Å². The molecule has 0 saturated carbocycles. The molecule has 0 spiro atoms. The molecular formula is C14H18N2O2. The molecule has 1 saturated heterocycles. The Morgan fingerprint density at radius 3 is 2.89 bits per heavy atom. The molecule has 1 amide bonds. The number of amides is 1. The summed E-state index contributed by atoms with van der Waals surface area (Å²) >= 11 is 0. The van der Waals surface area contributed by atoms with E-state index in [0.717, 1.165) is 42.7 Å². The van der Waals surface area contributed by atoms with Gasteiger partial charge in [0.15, 0.2) is 0 Å². The fourth-order valence-corrected chi connectivity index (χ4v) is 2.88. The highest BCUT2D eigenvalue weighted by atomic mass is 16.6. The molecule has 4 nitrogen and oxygen atoms in total. The lowest BCUT2D eigenvalue weighted by molar-refractivity contribution is 0.137. The lowest BCUT2D eigenvalue weighted by atomic mass is 10.00. The van der Waals surface area contributed by atoms with Crippen molar-refractivity contribution in [3.8, 4) is 0 Å². The van der Waals surface area contributed by atoms with Crippen molar-refractivity contribution in [1.29, 1.82) is 0 Å². The van der Waals surface area contributed by atoms with Gasteiger partial charge in [0, 0.05) is 11.6 Å². The zero-order valence-electron chi connectivity index (χ0n) is 10.6. The SMILES string of the molecule is Cc1cccc2c1N(C1CCNCC1)C(=O)OC2. The van der Waals surface area contributed by atoms with Crippen LogP contribution in [0, 0.1) is 6.92 Å². The maximum absolute atomic E-state index is 12.1. The van der Waals surface area contributed by atoms with Gasteiger partial charge >= 0.3 is 6.09 Å². The van der Waals surface area contributed by atoms with Crippen LogP contribution >= 0.6 is 0 Å². The molecule has 0 aliphatic carbocycles. The number of ether oxygens (including phenoxy) is 1. The normalized spacial score (nSPS) is 20.5. The standard InChI is InChI=1S/C14H18N2O2/c1-10-3-2-4-11-9-18-14(17)16(13(10)11)12-5-7-15-8-6-12/h2-4,12,15H,5-9H2,1H3. The summed E-state index contributed by atoms with van der Waals surface area (Å²) in [5.41, 5.74) is 3.34. The molecule has 96 valence electrons. The van der Waals surface area contributed by atoms with Crippen LogP contribution in [0.5, 0.6) is 0 Å². The monoisotopic (exact) mass is 246 g/mol. The van der Waals surface area contributed by atoms with Crippen LogP contribution in [-0.2, 0) is 11.3 Å². The van der Waals surface area contributed by atoms with E-state index in [-0.39, 0.29) is 12.1 Å². The van der Waals surface area contributed by atoms with Crippen LogP contribution in [0.3, 0.4) is 0 Å². The first kappa shape index (κ1) is 11.5. The Morgan fingerprint density at radius 1 is 1.33 bits per heavy atom. The highest BCUT2D eigenvalue weighted by Crippen LogP contribution is 2.33. The number of hydrogen-bond donors (Lipinski definition) is 1. The number of piperidine rings is 1. The van der Waals surface area contributed by atoms with Crippen molar-refractivity contribution in [2.24, 2.45) is 0 Å². The van der Waals surface area contributed by atoms with Crippen LogP contribution in [0.15, 0.2) is 18.2 Å². The predicted octanol–water partition coefficient (Wildman–Crippen LogP) is 2.20. The summed E-state index contributed by atoms with van der Waals surface area (Å²) in [6, 6.07) is 6.39. The number of anilines is 1. The summed E-state index contributed by atoms with van der Waals surface area (Å²) in [5, 5.41) is 3.33. The highest BCUT2D eigenvalue weighted by Gasteiger charge is 2.33. The molecule has 1 aromatic carbocycles. The Labute approximate surface area is 107 Å². The van der Waals surface area contributed by atoms with E-state index in [0.29, 0.717) is 6.61 Å². The van der Waals surface area contributed by atoms with Gasteiger partial charge in [-0.1, -0.05) is 18.2 Å². The van der Waals surface area contributed by atoms with Gasteiger partial charge in [0.2, 0.25) is 0 Å². The van der Waals surface area contributed by atoms with Gasteiger partial charge in [0.25, 0.3) is 0 Å². The molecule has 0 radical (unpaired) electrons. The van der Waals surface area contributed by atoms with Crippen molar-refractivity contribution in [3.63, 3.8) is 0 Å². The molecule has 3 rings (SSSR count). The Balaban J connectivity index is 2.00. The van der Waals surface area contributed by atoms with Crippen LogP contribution in [0.4, 0.5) is 10.5 Å². The molecular weight excluding hydrogens is 228 g/mol. The summed E-state index contributed by atoms with van der Waals surface area (Å²) in [6.45, 7) is 4.40. The minimum Gasteiger partial charge on any atom is -0.444 e. The molecule has 0 atom stereocenters. The van der Waals surface area contributed by atoms with Crippen molar-refractivity contribution < 1.29 is 9.53 Å². The third-order valence-corrected chi connectivity index (χ3v) is 3.78. The van der Waals surface area contributed by atoms with Crippen LogP contribution in [0.2, 0.25) is 0 Å². The first-order valence-electron chi connectivity index (χ1n) is 6.52. The number of carbonyl (C=O) groups excluding carboxylic acids is 1. The van der Waals surface area contributed by atoms with Gasteiger partial charge < -0.3 is 10.1 Å². The number of aryl methyl sites for hydroxylation is 1. The molecule has 1 aromatic rings. The number of fused-ring (bicyclic) bond motifs is 1. The minimum atomic E-state index is -0.191. The van der Waals surface area contributed by atoms with Crippen molar-refractivity contribution in [1.82, 2.24) is 5.32 Å². The molecule has 1 fully saturated rings. The van der Waals surface area contributed by atoms with Gasteiger partial charge in [-0.2, -0.15) is 0 Å². The molecule has 2 heterocycles. The number of para-hydroxylation sites is 1. The van der Waals surface area contributed by atoms with Crippen LogP contribution in [0.25, 0.3) is 0 Å². The molecule has 1 N–H and O–H groups in total. The number of cyclic esters (lactones) is 1. The zero-order chi connectivity index (χ0) is 12.5. The van der Waals surface area contributed by atoms with E-state index in [1.165, 1.54) is 0 Å². The van der Waals surface area contributed by atoms with E-state index in [4.69, 9.17) is 4.74 Å². The van der Waals surface area contributed by atoms with E-state index in [9.17, 15) is 4.79 Å². The van der Waals surface area contributed by atoms with E-state index in [1.54, 1.807) is 0 Å². The molecule has 2 aliphatic heterocycles. The number of nitrogens with zero attached hydrogens (tertiary/aromatic N) is 1. The van der Waals surface area contributed by atoms with E-state index >= 15 is 0 Å².